The van der Waals surface area contributed by atoms with Gasteiger partial charge in [-0.2, -0.15) is 0 Å². The van der Waals surface area contributed by atoms with Gasteiger partial charge in [-0.3, -0.25) is 0 Å². The van der Waals surface area contributed by atoms with Gasteiger partial charge in [-0.25, -0.2) is 0 Å². The van der Waals surface area contributed by atoms with Crippen molar-refractivity contribution in [3.8, 4) is 0 Å². The third-order valence-electron chi connectivity index (χ3n) is 6.04. The topological polar surface area (TPSA) is 0 Å². The van der Waals surface area contributed by atoms with Gasteiger partial charge in [0.05, 0.1) is 0 Å². The molecule has 114 valence electrons. The second-order valence-electron chi connectivity index (χ2n) is 8.28. The maximum atomic E-state index is 2.61. The van der Waals surface area contributed by atoms with Gasteiger partial charge in [-0.15, -0.1) is 0 Å². The molecule has 0 heteroatoms. The van der Waals surface area contributed by atoms with Crippen LogP contribution >= 0.6 is 0 Å². The van der Waals surface area contributed by atoms with Gasteiger partial charge in [-0.1, -0.05) is 81.8 Å². The molecular weight excluding hydrogens is 264 g/mol. The van der Waals surface area contributed by atoms with Crippen molar-refractivity contribution in [2.24, 2.45) is 16.7 Å². The average Bonchev–Trinajstić information content (AvgIpc) is 3.06. The van der Waals surface area contributed by atoms with Crippen LogP contribution in [0.25, 0.3) is 5.57 Å². The molecule has 0 N–H and O–H groups in total. The summed E-state index contributed by atoms with van der Waals surface area (Å²) >= 11 is 0. The Morgan fingerprint density at radius 1 is 1.00 bits per heavy atom. The van der Waals surface area contributed by atoms with Crippen LogP contribution in [-0.2, 0) is 0 Å². The molecule has 1 unspecified atom stereocenters. The Hall–Kier alpha value is -1.56. The minimum Gasteiger partial charge on any atom is -0.0770 e. The molecule has 3 aliphatic carbocycles. The Balaban J connectivity index is 1.83. The minimum atomic E-state index is 0.219. The summed E-state index contributed by atoms with van der Waals surface area (Å²) < 4.78 is 0. The van der Waals surface area contributed by atoms with Crippen LogP contribution in [0.2, 0.25) is 0 Å². The van der Waals surface area contributed by atoms with E-state index in [-0.39, 0.29) is 5.41 Å². The highest BCUT2D eigenvalue weighted by Crippen LogP contribution is 2.62. The van der Waals surface area contributed by atoms with Crippen molar-refractivity contribution in [2.75, 3.05) is 0 Å². The van der Waals surface area contributed by atoms with E-state index < -0.39 is 0 Å². The first-order valence-electron chi connectivity index (χ1n) is 8.69. The quantitative estimate of drug-likeness (QED) is 0.615. The molecular formula is C22H26. The number of fused-ring (bicyclic) bond motifs is 1. The molecule has 0 saturated heterocycles. The summed E-state index contributed by atoms with van der Waals surface area (Å²) in [5.74, 6) is 1.21. The van der Waals surface area contributed by atoms with Gasteiger partial charge >= 0.3 is 0 Å². The van der Waals surface area contributed by atoms with E-state index in [1.807, 2.05) is 0 Å². The first kappa shape index (κ1) is 14.1. The van der Waals surface area contributed by atoms with E-state index in [1.165, 1.54) is 24.8 Å². The van der Waals surface area contributed by atoms with E-state index in [4.69, 9.17) is 0 Å². The van der Waals surface area contributed by atoms with Crippen molar-refractivity contribution < 1.29 is 0 Å². The van der Waals surface area contributed by atoms with Crippen LogP contribution in [0.15, 0.2) is 54.6 Å². The van der Waals surface area contributed by atoms with Gasteiger partial charge in [0.15, 0.2) is 0 Å². The Morgan fingerprint density at radius 2 is 1.68 bits per heavy atom. The highest BCUT2D eigenvalue weighted by Gasteiger charge is 2.50. The molecule has 0 radical (unpaired) electrons. The van der Waals surface area contributed by atoms with Gasteiger partial charge in [0.2, 0.25) is 0 Å². The lowest BCUT2D eigenvalue weighted by molar-refractivity contribution is 0.0800. The molecule has 0 spiro atoms. The number of hydrogen-bond donors (Lipinski definition) is 0. The smallest absolute Gasteiger partial charge is 0.00953 e. The maximum Gasteiger partial charge on any atom is 0.00953 e. The molecule has 0 aromatic heterocycles. The molecule has 4 rings (SSSR count). The molecule has 1 aromatic rings. The lowest BCUT2D eigenvalue weighted by atomic mass is 9.54. The summed E-state index contributed by atoms with van der Waals surface area (Å²) in [6.07, 6.45) is 16.0. The Labute approximate surface area is 134 Å². The SMILES string of the molecule is CC(C)(C)C1=CC(C2(C3C=CC=C3)CCC2)c2ccccc21. The molecule has 22 heavy (non-hydrogen) atoms. The Morgan fingerprint density at radius 3 is 2.27 bits per heavy atom. The standard InChI is InChI=1S/C22H26/c1-21(2,3)19-15-20(18-12-7-6-11-17(18)19)22(13-8-14-22)16-9-4-5-10-16/h4-7,9-12,15-16,20H,8,13-14H2,1-3H3. The monoisotopic (exact) mass is 290 g/mol. The van der Waals surface area contributed by atoms with Crippen LogP contribution in [0.3, 0.4) is 0 Å². The van der Waals surface area contributed by atoms with Crippen LogP contribution < -0.4 is 0 Å². The number of hydrogen-bond acceptors (Lipinski definition) is 0. The molecule has 0 heterocycles. The fraction of sp³-hybridized carbons (Fsp3) is 0.455. The van der Waals surface area contributed by atoms with Crippen molar-refractivity contribution >= 4 is 5.57 Å². The third kappa shape index (κ3) is 1.89. The van der Waals surface area contributed by atoms with Crippen LogP contribution in [0.5, 0.6) is 0 Å². The largest absolute Gasteiger partial charge is 0.0770 e. The molecule has 0 bridgehead atoms. The summed E-state index contributed by atoms with van der Waals surface area (Å²) in [5.41, 5.74) is 5.26. The Kier molecular flexibility index (Phi) is 3.01. The predicted molar refractivity (Wildman–Crippen MR) is 94.7 cm³/mol. The van der Waals surface area contributed by atoms with Crippen LogP contribution in [0, 0.1) is 16.7 Å². The number of benzene rings is 1. The summed E-state index contributed by atoms with van der Waals surface area (Å²) in [4.78, 5) is 0. The van der Waals surface area contributed by atoms with Crippen molar-refractivity contribution in [2.45, 2.75) is 46.0 Å². The molecule has 0 amide bonds. The highest BCUT2D eigenvalue weighted by molar-refractivity contribution is 5.78. The van der Waals surface area contributed by atoms with E-state index in [0.717, 1.165) is 0 Å². The Bertz CT molecular complexity index is 662. The van der Waals surface area contributed by atoms with Crippen molar-refractivity contribution in [1.82, 2.24) is 0 Å². The molecule has 3 aliphatic rings. The molecule has 1 saturated carbocycles. The van der Waals surface area contributed by atoms with Crippen LogP contribution in [-0.4, -0.2) is 0 Å². The molecule has 0 nitrogen and oxygen atoms in total. The molecule has 0 aliphatic heterocycles. The second kappa shape index (κ2) is 4.72. The average molecular weight is 290 g/mol. The minimum absolute atomic E-state index is 0.219. The maximum absolute atomic E-state index is 2.61. The molecule has 1 fully saturated rings. The first-order chi connectivity index (χ1) is 10.5. The number of rotatable bonds is 2. The summed E-state index contributed by atoms with van der Waals surface area (Å²) in [6.45, 7) is 7.04. The normalized spacial score (nSPS) is 26.0. The second-order valence-corrected chi connectivity index (χ2v) is 8.28. The first-order valence-corrected chi connectivity index (χ1v) is 8.69. The summed E-state index contributed by atoms with van der Waals surface area (Å²) in [6, 6.07) is 9.12. The predicted octanol–water partition coefficient (Wildman–Crippen LogP) is 6.13. The molecule has 1 aromatic carbocycles. The third-order valence-corrected chi connectivity index (χ3v) is 6.04. The van der Waals surface area contributed by atoms with Gasteiger partial charge < -0.3 is 0 Å². The van der Waals surface area contributed by atoms with E-state index in [2.05, 4.69) is 75.4 Å². The number of allylic oxidation sites excluding steroid dienone is 6. The van der Waals surface area contributed by atoms with Crippen molar-refractivity contribution in [3.05, 3.63) is 65.8 Å². The van der Waals surface area contributed by atoms with Gasteiger partial charge in [-0.05, 0) is 40.4 Å². The van der Waals surface area contributed by atoms with E-state index >= 15 is 0 Å². The van der Waals surface area contributed by atoms with Gasteiger partial charge in [0, 0.05) is 11.8 Å². The lowest BCUT2D eigenvalue weighted by Gasteiger charge is -2.50. The van der Waals surface area contributed by atoms with E-state index in [9.17, 15) is 0 Å². The lowest BCUT2D eigenvalue weighted by Crippen LogP contribution is -2.40. The highest BCUT2D eigenvalue weighted by atomic mass is 14.5. The van der Waals surface area contributed by atoms with Crippen molar-refractivity contribution in [3.63, 3.8) is 0 Å². The van der Waals surface area contributed by atoms with Gasteiger partial charge in [0.25, 0.3) is 0 Å². The van der Waals surface area contributed by atoms with Crippen LogP contribution in [0.1, 0.15) is 57.1 Å². The zero-order valence-electron chi connectivity index (χ0n) is 14.0. The fourth-order valence-corrected chi connectivity index (χ4v) is 4.74. The zero-order valence-corrected chi connectivity index (χ0v) is 14.0. The van der Waals surface area contributed by atoms with Crippen LogP contribution in [0.4, 0.5) is 0 Å². The zero-order chi connectivity index (χ0) is 15.4. The van der Waals surface area contributed by atoms with E-state index in [1.54, 1.807) is 11.1 Å². The molecule has 1 atom stereocenters. The van der Waals surface area contributed by atoms with Gasteiger partial charge in [0.1, 0.15) is 0 Å². The van der Waals surface area contributed by atoms with Crippen molar-refractivity contribution in [1.29, 1.82) is 0 Å². The fourth-order valence-electron chi connectivity index (χ4n) is 4.74. The summed E-state index contributed by atoms with van der Waals surface area (Å²) in [7, 11) is 0. The van der Waals surface area contributed by atoms with E-state index in [0.29, 0.717) is 17.3 Å². The summed E-state index contributed by atoms with van der Waals surface area (Å²) in [5, 5.41) is 0.